The average Bonchev–Trinajstić information content (AvgIpc) is 2.75. The van der Waals surface area contributed by atoms with E-state index in [9.17, 15) is 9.59 Å². The summed E-state index contributed by atoms with van der Waals surface area (Å²) in [5.74, 6) is 0.605. The summed E-state index contributed by atoms with van der Waals surface area (Å²) in [6.45, 7) is 0. The third-order valence-corrected chi connectivity index (χ3v) is 5.33. The normalized spacial score (nSPS) is 14.7. The molecule has 0 aromatic heterocycles. The molecule has 6 heteroatoms. The molecule has 1 fully saturated rings. The molecule has 0 unspecified atom stereocenters. The van der Waals surface area contributed by atoms with Crippen LogP contribution in [0.4, 0.5) is 0 Å². The lowest BCUT2D eigenvalue weighted by atomic mass is 9.86. The molecule has 152 valence electrons. The molecule has 2 aromatic carbocycles. The maximum atomic E-state index is 12.1. The van der Waals surface area contributed by atoms with Gasteiger partial charge >= 0.3 is 5.97 Å². The lowest BCUT2D eigenvalue weighted by Gasteiger charge is -2.20. The number of amides is 1. The third kappa shape index (κ3) is 7.02. The lowest BCUT2D eigenvalue weighted by molar-refractivity contribution is -0.121. The number of hydrogen-bond acceptors (Lipinski definition) is 4. The lowest BCUT2D eigenvalue weighted by Crippen LogP contribution is -2.19. The molecule has 1 N–H and O–H groups in total. The van der Waals surface area contributed by atoms with E-state index in [4.69, 9.17) is 16.3 Å². The van der Waals surface area contributed by atoms with Crippen LogP contribution in [0.1, 0.15) is 60.9 Å². The largest absolute Gasteiger partial charge is 0.423 e. The van der Waals surface area contributed by atoms with Crippen molar-refractivity contribution in [3.05, 3.63) is 64.7 Å². The van der Waals surface area contributed by atoms with Gasteiger partial charge in [-0.05, 0) is 66.4 Å². The molecule has 1 saturated carbocycles. The van der Waals surface area contributed by atoms with E-state index < -0.39 is 5.97 Å². The van der Waals surface area contributed by atoms with Crippen LogP contribution in [-0.4, -0.2) is 18.1 Å². The first-order valence-corrected chi connectivity index (χ1v) is 10.4. The fourth-order valence-electron chi connectivity index (χ4n) is 3.42. The highest BCUT2D eigenvalue weighted by Gasteiger charge is 2.14. The summed E-state index contributed by atoms with van der Waals surface area (Å²) in [5, 5.41) is 4.57. The van der Waals surface area contributed by atoms with Gasteiger partial charge in [-0.2, -0.15) is 5.10 Å². The Bertz CT molecular complexity index is 841. The average molecular weight is 413 g/mol. The summed E-state index contributed by atoms with van der Waals surface area (Å²) in [6, 6.07) is 13.4. The second-order valence-corrected chi connectivity index (χ2v) is 7.74. The van der Waals surface area contributed by atoms with Gasteiger partial charge in [0, 0.05) is 11.4 Å². The van der Waals surface area contributed by atoms with E-state index in [-0.39, 0.29) is 5.91 Å². The molecular formula is C23H25ClN2O3. The molecule has 0 atom stereocenters. The fourth-order valence-corrected chi connectivity index (χ4v) is 3.55. The van der Waals surface area contributed by atoms with Gasteiger partial charge in [-0.1, -0.05) is 43.7 Å². The molecule has 3 rings (SSSR count). The Morgan fingerprint density at radius 1 is 1.03 bits per heavy atom. The van der Waals surface area contributed by atoms with Gasteiger partial charge in [-0.25, -0.2) is 10.2 Å². The van der Waals surface area contributed by atoms with E-state index in [1.54, 1.807) is 54.7 Å². The van der Waals surface area contributed by atoms with E-state index >= 15 is 0 Å². The number of hydrazone groups is 1. The van der Waals surface area contributed by atoms with Crippen LogP contribution in [0.3, 0.4) is 0 Å². The van der Waals surface area contributed by atoms with Crippen molar-refractivity contribution in [3.8, 4) is 5.75 Å². The van der Waals surface area contributed by atoms with Crippen molar-refractivity contribution in [2.45, 2.75) is 44.9 Å². The van der Waals surface area contributed by atoms with Crippen LogP contribution in [0.5, 0.6) is 5.75 Å². The molecular weight excluding hydrogens is 388 g/mol. The number of hydrogen-bond donors (Lipinski definition) is 1. The highest BCUT2D eigenvalue weighted by Crippen LogP contribution is 2.27. The van der Waals surface area contributed by atoms with Crippen molar-refractivity contribution in [2.75, 3.05) is 0 Å². The van der Waals surface area contributed by atoms with Crippen molar-refractivity contribution in [1.29, 1.82) is 0 Å². The zero-order chi connectivity index (χ0) is 20.5. The molecule has 5 nitrogen and oxygen atoms in total. The Morgan fingerprint density at radius 2 is 1.72 bits per heavy atom. The summed E-state index contributed by atoms with van der Waals surface area (Å²) < 4.78 is 5.33. The Labute approximate surface area is 176 Å². The number of esters is 1. The van der Waals surface area contributed by atoms with Crippen molar-refractivity contribution >= 4 is 29.7 Å². The fraction of sp³-hybridized carbons (Fsp3) is 0.348. The minimum absolute atomic E-state index is 0.0552. The predicted octanol–water partition coefficient (Wildman–Crippen LogP) is 5.37. The maximum Gasteiger partial charge on any atom is 0.343 e. The molecule has 0 bridgehead atoms. The second-order valence-electron chi connectivity index (χ2n) is 7.30. The van der Waals surface area contributed by atoms with Crippen LogP contribution in [0.15, 0.2) is 53.6 Å². The van der Waals surface area contributed by atoms with Gasteiger partial charge < -0.3 is 4.74 Å². The minimum Gasteiger partial charge on any atom is -0.423 e. The first-order valence-electron chi connectivity index (χ1n) is 10.00. The quantitative estimate of drug-likeness (QED) is 0.287. The van der Waals surface area contributed by atoms with Crippen LogP contribution >= 0.6 is 11.6 Å². The molecule has 0 spiro atoms. The van der Waals surface area contributed by atoms with Crippen molar-refractivity contribution in [3.63, 3.8) is 0 Å². The molecule has 29 heavy (non-hydrogen) atoms. The van der Waals surface area contributed by atoms with E-state index in [1.165, 1.54) is 32.1 Å². The van der Waals surface area contributed by atoms with Gasteiger partial charge in [0.1, 0.15) is 5.75 Å². The Morgan fingerprint density at radius 3 is 2.41 bits per heavy atom. The number of carbonyl (C=O) groups excluding carboxylic acids is 2. The van der Waals surface area contributed by atoms with E-state index in [0.717, 1.165) is 12.0 Å². The van der Waals surface area contributed by atoms with Gasteiger partial charge in [-0.3, -0.25) is 4.79 Å². The third-order valence-electron chi connectivity index (χ3n) is 5.08. The van der Waals surface area contributed by atoms with Crippen LogP contribution in [-0.2, 0) is 4.79 Å². The van der Waals surface area contributed by atoms with Gasteiger partial charge in [0.05, 0.1) is 11.8 Å². The highest BCUT2D eigenvalue weighted by molar-refractivity contribution is 6.30. The Kier molecular flexibility index (Phi) is 7.82. The zero-order valence-electron chi connectivity index (χ0n) is 16.3. The van der Waals surface area contributed by atoms with Crippen molar-refractivity contribution in [1.82, 2.24) is 5.43 Å². The number of rotatable bonds is 7. The zero-order valence-corrected chi connectivity index (χ0v) is 17.0. The first-order chi connectivity index (χ1) is 14.1. The van der Waals surface area contributed by atoms with Gasteiger partial charge in [0.25, 0.3) is 0 Å². The van der Waals surface area contributed by atoms with E-state index in [0.29, 0.717) is 28.7 Å². The summed E-state index contributed by atoms with van der Waals surface area (Å²) >= 11 is 5.82. The number of nitrogens with one attached hydrogen (secondary N) is 1. The van der Waals surface area contributed by atoms with Gasteiger partial charge in [0.15, 0.2) is 0 Å². The Balaban J connectivity index is 1.42. The molecule has 1 aliphatic carbocycles. The predicted molar refractivity (Wildman–Crippen MR) is 114 cm³/mol. The summed E-state index contributed by atoms with van der Waals surface area (Å²) in [4.78, 5) is 24.0. The monoisotopic (exact) mass is 412 g/mol. The van der Waals surface area contributed by atoms with Crippen LogP contribution in [0.25, 0.3) is 0 Å². The molecule has 1 amide bonds. The molecule has 0 saturated heterocycles. The van der Waals surface area contributed by atoms with Crippen molar-refractivity contribution < 1.29 is 14.3 Å². The number of halogens is 1. The van der Waals surface area contributed by atoms with Crippen LogP contribution in [0.2, 0.25) is 5.02 Å². The smallest absolute Gasteiger partial charge is 0.343 e. The SMILES string of the molecule is O=C(CCC1CCCCC1)N/N=C\c1ccc(OC(=O)c2ccc(Cl)cc2)cc1. The second kappa shape index (κ2) is 10.8. The molecule has 0 heterocycles. The molecule has 1 aliphatic rings. The highest BCUT2D eigenvalue weighted by atomic mass is 35.5. The van der Waals surface area contributed by atoms with Crippen molar-refractivity contribution in [2.24, 2.45) is 11.0 Å². The number of nitrogens with zero attached hydrogens (tertiary/aromatic N) is 1. The molecule has 0 radical (unpaired) electrons. The topological polar surface area (TPSA) is 67.8 Å². The standard InChI is InChI=1S/C23H25ClN2O3/c24-20-11-9-19(10-12-20)23(28)29-21-13-6-18(7-14-21)16-25-26-22(27)15-8-17-4-2-1-3-5-17/h6-7,9-14,16-17H,1-5,8,15H2,(H,26,27)/b25-16-. The maximum absolute atomic E-state index is 12.1. The number of ether oxygens (including phenoxy) is 1. The number of benzene rings is 2. The Hall–Kier alpha value is -2.66. The van der Waals surface area contributed by atoms with Crippen LogP contribution < -0.4 is 10.2 Å². The summed E-state index contributed by atoms with van der Waals surface area (Å²) in [5.41, 5.74) is 3.80. The first kappa shape index (κ1) is 21.1. The minimum atomic E-state index is -0.451. The van der Waals surface area contributed by atoms with Crippen LogP contribution in [0, 0.1) is 5.92 Å². The summed E-state index contributed by atoms with van der Waals surface area (Å²) in [6.07, 6.45) is 9.41. The number of carbonyl (C=O) groups is 2. The molecule has 0 aliphatic heterocycles. The van der Waals surface area contributed by atoms with Gasteiger partial charge in [-0.15, -0.1) is 0 Å². The molecule has 2 aromatic rings. The van der Waals surface area contributed by atoms with E-state index in [2.05, 4.69) is 10.5 Å². The van der Waals surface area contributed by atoms with E-state index in [1.807, 2.05) is 0 Å². The van der Waals surface area contributed by atoms with Gasteiger partial charge in [0.2, 0.25) is 5.91 Å². The summed E-state index contributed by atoms with van der Waals surface area (Å²) in [7, 11) is 0.